The van der Waals surface area contributed by atoms with E-state index in [2.05, 4.69) is 67.0 Å². The smallest absolute Gasteiger partial charge is 0.0247 e. The second kappa shape index (κ2) is 5.35. The molecule has 0 saturated heterocycles. The van der Waals surface area contributed by atoms with E-state index in [0.717, 1.165) is 5.33 Å². The zero-order chi connectivity index (χ0) is 10.6. The average Bonchev–Trinajstić information content (AvgIpc) is 2.14. The number of benzene rings is 1. The van der Waals surface area contributed by atoms with Crippen molar-refractivity contribution in [2.75, 3.05) is 5.33 Å². The Labute approximate surface area is 95.2 Å². The fourth-order valence-electron chi connectivity index (χ4n) is 1.33. The molecular formula is C13H17Br. The molecule has 0 atom stereocenters. The molecule has 0 spiro atoms. The normalized spacial score (nSPS) is 12.2. The Balaban J connectivity index is 2.94. The molecular weight excluding hydrogens is 236 g/mol. The fraction of sp³-hybridized carbons (Fsp3) is 0.385. The first-order chi connectivity index (χ1) is 6.63. The maximum absolute atomic E-state index is 3.52. The topological polar surface area (TPSA) is 0 Å². The van der Waals surface area contributed by atoms with Crippen LogP contribution >= 0.6 is 15.9 Å². The summed E-state index contributed by atoms with van der Waals surface area (Å²) in [5.74, 6) is 0.606. The van der Waals surface area contributed by atoms with Crippen LogP contribution in [0.25, 0.3) is 6.08 Å². The van der Waals surface area contributed by atoms with E-state index < -0.39 is 0 Å². The van der Waals surface area contributed by atoms with Crippen LogP contribution in [0.2, 0.25) is 0 Å². The Morgan fingerprint density at radius 1 is 1.43 bits per heavy atom. The molecule has 14 heavy (non-hydrogen) atoms. The molecule has 0 bridgehead atoms. The summed E-state index contributed by atoms with van der Waals surface area (Å²) >= 11 is 3.52. The van der Waals surface area contributed by atoms with Crippen LogP contribution in [0, 0.1) is 12.8 Å². The highest BCUT2D eigenvalue weighted by atomic mass is 79.9. The lowest BCUT2D eigenvalue weighted by Gasteiger charge is -2.07. The number of halogens is 1. The lowest BCUT2D eigenvalue weighted by atomic mass is 10.0. The Bertz CT molecular complexity index is 324. The molecule has 1 rings (SSSR count). The van der Waals surface area contributed by atoms with Crippen molar-refractivity contribution in [3.05, 3.63) is 41.0 Å². The number of aryl methyl sites for hydroxylation is 1. The van der Waals surface area contributed by atoms with Gasteiger partial charge >= 0.3 is 0 Å². The quantitative estimate of drug-likeness (QED) is 0.699. The van der Waals surface area contributed by atoms with Crippen molar-refractivity contribution in [3.63, 3.8) is 0 Å². The van der Waals surface area contributed by atoms with Gasteiger partial charge in [-0.1, -0.05) is 71.3 Å². The number of rotatable bonds is 3. The SMILES string of the molecule is Cc1cccc(C=C(CBr)C(C)C)c1. The largest absolute Gasteiger partial charge is 0.0880 e. The molecule has 0 unspecified atom stereocenters. The van der Waals surface area contributed by atoms with Crippen LogP contribution in [-0.2, 0) is 0 Å². The molecule has 0 aromatic heterocycles. The molecule has 0 fully saturated rings. The molecule has 0 aliphatic carbocycles. The summed E-state index contributed by atoms with van der Waals surface area (Å²) in [6.45, 7) is 6.58. The Hall–Kier alpha value is -0.560. The highest BCUT2D eigenvalue weighted by molar-refractivity contribution is 9.09. The zero-order valence-electron chi connectivity index (χ0n) is 9.05. The van der Waals surface area contributed by atoms with Gasteiger partial charge in [-0.15, -0.1) is 0 Å². The lowest BCUT2D eigenvalue weighted by molar-refractivity contribution is 0.781. The first kappa shape index (κ1) is 11.5. The number of hydrogen-bond acceptors (Lipinski definition) is 0. The third-order valence-corrected chi connectivity index (χ3v) is 2.94. The summed E-state index contributed by atoms with van der Waals surface area (Å²) < 4.78 is 0. The second-order valence-corrected chi connectivity index (χ2v) is 4.48. The number of alkyl halides is 1. The molecule has 0 nitrogen and oxygen atoms in total. The van der Waals surface area contributed by atoms with Crippen molar-refractivity contribution in [1.29, 1.82) is 0 Å². The van der Waals surface area contributed by atoms with Crippen molar-refractivity contribution >= 4 is 22.0 Å². The van der Waals surface area contributed by atoms with E-state index in [9.17, 15) is 0 Å². The van der Waals surface area contributed by atoms with Crippen molar-refractivity contribution < 1.29 is 0 Å². The van der Waals surface area contributed by atoms with Gasteiger partial charge in [0.2, 0.25) is 0 Å². The summed E-state index contributed by atoms with van der Waals surface area (Å²) in [7, 11) is 0. The van der Waals surface area contributed by atoms with Crippen LogP contribution in [0.1, 0.15) is 25.0 Å². The van der Waals surface area contributed by atoms with Crippen LogP contribution in [0.15, 0.2) is 29.8 Å². The minimum absolute atomic E-state index is 0.606. The molecule has 0 amide bonds. The van der Waals surface area contributed by atoms with Crippen LogP contribution in [0.3, 0.4) is 0 Å². The maximum atomic E-state index is 3.52. The molecule has 0 radical (unpaired) electrons. The third-order valence-electron chi connectivity index (χ3n) is 2.29. The molecule has 0 heterocycles. The average molecular weight is 253 g/mol. The minimum Gasteiger partial charge on any atom is -0.0880 e. The van der Waals surface area contributed by atoms with Crippen molar-refractivity contribution in [2.24, 2.45) is 5.92 Å². The van der Waals surface area contributed by atoms with Gasteiger partial charge in [-0.2, -0.15) is 0 Å². The van der Waals surface area contributed by atoms with Gasteiger partial charge in [0, 0.05) is 5.33 Å². The van der Waals surface area contributed by atoms with Gasteiger partial charge in [-0.3, -0.25) is 0 Å². The molecule has 1 aromatic rings. The van der Waals surface area contributed by atoms with E-state index in [1.165, 1.54) is 16.7 Å². The summed E-state index contributed by atoms with van der Waals surface area (Å²) in [5.41, 5.74) is 4.06. The molecule has 1 heteroatoms. The van der Waals surface area contributed by atoms with Crippen molar-refractivity contribution in [1.82, 2.24) is 0 Å². The summed E-state index contributed by atoms with van der Waals surface area (Å²) in [6, 6.07) is 8.59. The lowest BCUT2D eigenvalue weighted by Crippen LogP contribution is -1.94. The van der Waals surface area contributed by atoms with Gasteiger partial charge in [-0.25, -0.2) is 0 Å². The van der Waals surface area contributed by atoms with E-state index in [-0.39, 0.29) is 0 Å². The number of hydrogen-bond donors (Lipinski definition) is 0. The predicted octanol–water partition coefficient (Wildman–Crippen LogP) is 4.43. The fourth-order valence-corrected chi connectivity index (χ4v) is 2.14. The Kier molecular flexibility index (Phi) is 4.40. The van der Waals surface area contributed by atoms with E-state index in [0.29, 0.717) is 5.92 Å². The number of allylic oxidation sites excluding steroid dienone is 1. The summed E-state index contributed by atoms with van der Waals surface area (Å²) in [6.07, 6.45) is 2.27. The van der Waals surface area contributed by atoms with Gasteiger partial charge in [0.15, 0.2) is 0 Å². The maximum Gasteiger partial charge on any atom is 0.0247 e. The van der Waals surface area contributed by atoms with Gasteiger partial charge in [0.05, 0.1) is 0 Å². The van der Waals surface area contributed by atoms with Crippen molar-refractivity contribution in [3.8, 4) is 0 Å². The Morgan fingerprint density at radius 2 is 2.14 bits per heavy atom. The minimum atomic E-state index is 0.606. The zero-order valence-corrected chi connectivity index (χ0v) is 10.6. The molecule has 76 valence electrons. The Morgan fingerprint density at radius 3 is 2.64 bits per heavy atom. The monoisotopic (exact) mass is 252 g/mol. The summed E-state index contributed by atoms with van der Waals surface area (Å²) in [5, 5.41) is 0.957. The van der Waals surface area contributed by atoms with Crippen LogP contribution in [0.5, 0.6) is 0 Å². The first-order valence-electron chi connectivity index (χ1n) is 4.96. The molecule has 0 N–H and O–H groups in total. The summed E-state index contributed by atoms with van der Waals surface area (Å²) in [4.78, 5) is 0. The van der Waals surface area contributed by atoms with Gasteiger partial charge in [0.1, 0.15) is 0 Å². The van der Waals surface area contributed by atoms with Gasteiger partial charge in [0.25, 0.3) is 0 Å². The molecule has 0 aliphatic rings. The van der Waals surface area contributed by atoms with Crippen LogP contribution < -0.4 is 0 Å². The molecule has 0 aliphatic heterocycles. The van der Waals surface area contributed by atoms with Crippen LogP contribution in [0.4, 0.5) is 0 Å². The van der Waals surface area contributed by atoms with Crippen molar-refractivity contribution in [2.45, 2.75) is 20.8 Å². The highest BCUT2D eigenvalue weighted by Gasteiger charge is 2.01. The predicted molar refractivity (Wildman–Crippen MR) is 67.8 cm³/mol. The van der Waals surface area contributed by atoms with E-state index in [4.69, 9.17) is 0 Å². The highest BCUT2D eigenvalue weighted by Crippen LogP contribution is 2.17. The molecule has 0 saturated carbocycles. The van der Waals surface area contributed by atoms with E-state index >= 15 is 0 Å². The molecule has 1 aromatic carbocycles. The standard InChI is InChI=1S/C13H17Br/c1-10(2)13(9-14)8-12-6-4-5-11(3)7-12/h4-8,10H,9H2,1-3H3. The first-order valence-corrected chi connectivity index (χ1v) is 6.08. The van der Waals surface area contributed by atoms with Gasteiger partial charge < -0.3 is 0 Å². The van der Waals surface area contributed by atoms with Gasteiger partial charge in [-0.05, 0) is 18.4 Å². The second-order valence-electron chi connectivity index (χ2n) is 3.92. The van der Waals surface area contributed by atoms with E-state index in [1.54, 1.807) is 0 Å². The third kappa shape index (κ3) is 3.30. The van der Waals surface area contributed by atoms with Crippen LogP contribution in [-0.4, -0.2) is 5.33 Å². The van der Waals surface area contributed by atoms with E-state index in [1.807, 2.05) is 0 Å².